The average Bonchev–Trinajstić information content (AvgIpc) is 2.82. The van der Waals surface area contributed by atoms with Crippen molar-refractivity contribution >= 4 is 17.6 Å². The summed E-state index contributed by atoms with van der Waals surface area (Å²) in [5.74, 6) is 1.66. The zero-order valence-electron chi connectivity index (χ0n) is 11.1. The average molecular weight is 267 g/mol. The molecule has 1 fully saturated rings. The maximum atomic E-state index is 5.12. The van der Waals surface area contributed by atoms with Crippen molar-refractivity contribution in [3.05, 3.63) is 11.9 Å². The fraction of sp³-hybridized carbons (Fsp3) is 0.692. The van der Waals surface area contributed by atoms with E-state index in [0.717, 1.165) is 28.5 Å². The van der Waals surface area contributed by atoms with E-state index in [1.807, 2.05) is 17.8 Å². The molecule has 1 heterocycles. The Kier molecular flexibility index (Phi) is 5.26. The molecule has 100 valence electrons. The first kappa shape index (κ1) is 13.6. The van der Waals surface area contributed by atoms with Gasteiger partial charge in [0, 0.05) is 25.0 Å². The lowest BCUT2D eigenvalue weighted by Gasteiger charge is -2.11. The quantitative estimate of drug-likeness (QED) is 0.803. The maximum Gasteiger partial charge on any atom is 0.157 e. The van der Waals surface area contributed by atoms with Crippen molar-refractivity contribution in [2.75, 3.05) is 19.0 Å². The standard InChI is InChI=1S/C13H21N3OS/c1-3-14-11-8-13(16-12(15-11)9-17-2)18-10-6-4-5-7-10/h8,10H,3-7,9H2,1-2H3,(H,14,15,16). The number of hydrogen-bond donors (Lipinski definition) is 1. The van der Waals surface area contributed by atoms with Crippen molar-refractivity contribution in [1.82, 2.24) is 9.97 Å². The molecule has 0 atom stereocenters. The Morgan fingerprint density at radius 2 is 2.17 bits per heavy atom. The summed E-state index contributed by atoms with van der Waals surface area (Å²) < 4.78 is 5.12. The van der Waals surface area contributed by atoms with Gasteiger partial charge in [0.2, 0.25) is 0 Å². The number of anilines is 1. The molecule has 0 bridgehead atoms. The van der Waals surface area contributed by atoms with Crippen LogP contribution in [0, 0.1) is 0 Å². The van der Waals surface area contributed by atoms with Gasteiger partial charge in [0.25, 0.3) is 0 Å². The second kappa shape index (κ2) is 6.95. The van der Waals surface area contributed by atoms with Gasteiger partial charge < -0.3 is 10.1 Å². The van der Waals surface area contributed by atoms with E-state index in [1.165, 1.54) is 25.7 Å². The lowest BCUT2D eigenvalue weighted by atomic mass is 10.4. The number of aromatic nitrogens is 2. The van der Waals surface area contributed by atoms with Gasteiger partial charge in [0.05, 0.1) is 0 Å². The Hall–Kier alpha value is -0.810. The smallest absolute Gasteiger partial charge is 0.157 e. The van der Waals surface area contributed by atoms with E-state index < -0.39 is 0 Å². The number of methoxy groups -OCH3 is 1. The van der Waals surface area contributed by atoms with Crippen molar-refractivity contribution in [3.8, 4) is 0 Å². The molecule has 1 aromatic rings. The van der Waals surface area contributed by atoms with Gasteiger partial charge in [-0.1, -0.05) is 12.8 Å². The summed E-state index contributed by atoms with van der Waals surface area (Å²) in [5, 5.41) is 5.05. The number of rotatable bonds is 6. The van der Waals surface area contributed by atoms with Crippen LogP contribution in [0.4, 0.5) is 5.82 Å². The number of thioether (sulfide) groups is 1. The molecule has 0 amide bonds. The van der Waals surface area contributed by atoms with Crippen LogP contribution in [0.2, 0.25) is 0 Å². The SMILES string of the molecule is CCNc1cc(SC2CCCC2)nc(COC)n1. The van der Waals surface area contributed by atoms with E-state index in [1.54, 1.807) is 7.11 Å². The molecule has 0 spiro atoms. The summed E-state index contributed by atoms with van der Waals surface area (Å²) in [4.78, 5) is 8.98. The van der Waals surface area contributed by atoms with Crippen LogP contribution in [0.25, 0.3) is 0 Å². The zero-order chi connectivity index (χ0) is 12.8. The van der Waals surface area contributed by atoms with E-state index in [-0.39, 0.29) is 0 Å². The Bertz CT molecular complexity index is 356. The first-order valence-electron chi connectivity index (χ1n) is 6.59. The minimum Gasteiger partial charge on any atom is -0.377 e. The Morgan fingerprint density at radius 1 is 1.39 bits per heavy atom. The lowest BCUT2D eigenvalue weighted by molar-refractivity contribution is 0.177. The van der Waals surface area contributed by atoms with Crippen molar-refractivity contribution < 1.29 is 4.74 Å². The predicted molar refractivity (Wildman–Crippen MR) is 75.0 cm³/mol. The van der Waals surface area contributed by atoms with Gasteiger partial charge in [-0.2, -0.15) is 0 Å². The third-order valence-corrected chi connectivity index (χ3v) is 4.23. The topological polar surface area (TPSA) is 47.0 Å². The molecule has 4 nitrogen and oxygen atoms in total. The summed E-state index contributed by atoms with van der Waals surface area (Å²) in [6, 6.07) is 2.05. The molecule has 1 saturated carbocycles. The van der Waals surface area contributed by atoms with Gasteiger partial charge in [-0.25, -0.2) is 9.97 Å². The van der Waals surface area contributed by atoms with Crippen LogP contribution in [-0.2, 0) is 11.3 Å². The predicted octanol–water partition coefficient (Wildman–Crippen LogP) is 3.09. The molecule has 2 rings (SSSR count). The molecule has 0 aliphatic heterocycles. The maximum absolute atomic E-state index is 5.12. The minimum absolute atomic E-state index is 0.470. The summed E-state index contributed by atoms with van der Waals surface area (Å²) >= 11 is 1.88. The summed E-state index contributed by atoms with van der Waals surface area (Å²) in [5.41, 5.74) is 0. The fourth-order valence-electron chi connectivity index (χ4n) is 2.18. The summed E-state index contributed by atoms with van der Waals surface area (Å²) in [6.45, 7) is 3.41. The van der Waals surface area contributed by atoms with Gasteiger partial charge in [-0.05, 0) is 19.8 Å². The lowest BCUT2D eigenvalue weighted by Crippen LogP contribution is -2.06. The van der Waals surface area contributed by atoms with E-state index in [4.69, 9.17) is 4.74 Å². The van der Waals surface area contributed by atoms with Gasteiger partial charge >= 0.3 is 0 Å². The van der Waals surface area contributed by atoms with Crippen molar-refractivity contribution in [2.45, 2.75) is 49.5 Å². The van der Waals surface area contributed by atoms with Crippen LogP contribution in [0.1, 0.15) is 38.4 Å². The third kappa shape index (κ3) is 3.85. The highest BCUT2D eigenvalue weighted by molar-refractivity contribution is 7.99. The number of ether oxygens (including phenoxy) is 1. The molecule has 0 saturated heterocycles. The number of nitrogens with zero attached hydrogens (tertiary/aromatic N) is 2. The summed E-state index contributed by atoms with van der Waals surface area (Å²) in [7, 11) is 1.67. The van der Waals surface area contributed by atoms with Crippen LogP contribution < -0.4 is 5.32 Å². The highest BCUT2D eigenvalue weighted by atomic mass is 32.2. The van der Waals surface area contributed by atoms with Crippen molar-refractivity contribution in [2.24, 2.45) is 0 Å². The van der Waals surface area contributed by atoms with Crippen molar-refractivity contribution in [3.63, 3.8) is 0 Å². The minimum atomic E-state index is 0.470. The normalized spacial score (nSPS) is 16.1. The van der Waals surface area contributed by atoms with E-state index in [0.29, 0.717) is 6.61 Å². The molecule has 0 radical (unpaired) electrons. The van der Waals surface area contributed by atoms with Crippen LogP contribution in [0.15, 0.2) is 11.1 Å². The monoisotopic (exact) mass is 267 g/mol. The first-order chi connectivity index (χ1) is 8.81. The Balaban J connectivity index is 2.10. The molecule has 1 aliphatic carbocycles. The largest absolute Gasteiger partial charge is 0.377 e. The van der Waals surface area contributed by atoms with Gasteiger partial charge in [-0.3, -0.25) is 0 Å². The van der Waals surface area contributed by atoms with Crippen LogP contribution in [0.5, 0.6) is 0 Å². The number of nitrogens with one attached hydrogen (secondary N) is 1. The molecule has 1 aliphatic rings. The fourth-order valence-corrected chi connectivity index (χ4v) is 3.42. The van der Waals surface area contributed by atoms with Crippen LogP contribution in [-0.4, -0.2) is 28.9 Å². The Morgan fingerprint density at radius 3 is 2.83 bits per heavy atom. The highest BCUT2D eigenvalue weighted by Crippen LogP contribution is 2.34. The van der Waals surface area contributed by atoms with Gasteiger partial charge in [0.1, 0.15) is 17.5 Å². The highest BCUT2D eigenvalue weighted by Gasteiger charge is 2.17. The second-order valence-corrected chi connectivity index (χ2v) is 5.82. The molecule has 5 heteroatoms. The molecule has 0 aromatic carbocycles. The molecule has 1 aromatic heterocycles. The van der Waals surface area contributed by atoms with E-state index >= 15 is 0 Å². The number of hydrogen-bond acceptors (Lipinski definition) is 5. The van der Waals surface area contributed by atoms with Crippen LogP contribution >= 0.6 is 11.8 Å². The first-order valence-corrected chi connectivity index (χ1v) is 7.47. The third-order valence-electron chi connectivity index (χ3n) is 2.97. The Labute approximate surface area is 113 Å². The van der Waals surface area contributed by atoms with Crippen LogP contribution in [0.3, 0.4) is 0 Å². The molecule has 18 heavy (non-hydrogen) atoms. The van der Waals surface area contributed by atoms with Gasteiger partial charge in [0.15, 0.2) is 5.82 Å². The molecule has 0 unspecified atom stereocenters. The van der Waals surface area contributed by atoms with Crippen molar-refractivity contribution in [1.29, 1.82) is 0 Å². The van der Waals surface area contributed by atoms with E-state index in [2.05, 4.69) is 22.2 Å². The molecular weight excluding hydrogens is 246 g/mol. The second-order valence-electron chi connectivity index (χ2n) is 4.50. The molecule has 1 N–H and O–H groups in total. The van der Waals surface area contributed by atoms with Gasteiger partial charge in [-0.15, -0.1) is 11.8 Å². The zero-order valence-corrected chi connectivity index (χ0v) is 11.9. The van der Waals surface area contributed by atoms with E-state index in [9.17, 15) is 0 Å². The summed E-state index contributed by atoms with van der Waals surface area (Å²) in [6.07, 6.45) is 5.33. The molecular formula is C13H21N3OS.